The minimum atomic E-state index is -0.798. The molecule has 2 aliphatic rings. The summed E-state index contributed by atoms with van der Waals surface area (Å²) in [5.74, 6) is -0.0507. The van der Waals surface area contributed by atoms with Gasteiger partial charge >= 0.3 is 0 Å². The van der Waals surface area contributed by atoms with Crippen LogP contribution < -0.4 is 10.6 Å². The molecule has 186 valence electrons. The molecule has 2 N–H and O–H groups in total. The highest BCUT2D eigenvalue weighted by Gasteiger charge is 2.32. The summed E-state index contributed by atoms with van der Waals surface area (Å²) in [5, 5.41) is 6.48. The van der Waals surface area contributed by atoms with E-state index in [-0.39, 0.29) is 5.82 Å². The van der Waals surface area contributed by atoms with Crippen molar-refractivity contribution < 1.29 is 8.78 Å². The van der Waals surface area contributed by atoms with Crippen molar-refractivity contribution in [1.82, 2.24) is 25.2 Å². The molecular weight excluding hydrogens is 486 g/mol. The molecule has 1 saturated carbocycles. The molecule has 3 aromatic rings. The Morgan fingerprint density at radius 1 is 1.17 bits per heavy atom. The zero-order valence-corrected chi connectivity index (χ0v) is 20.3. The fourth-order valence-corrected chi connectivity index (χ4v) is 4.43. The fourth-order valence-electron chi connectivity index (χ4n) is 4.22. The predicted molar refractivity (Wildman–Crippen MR) is 137 cm³/mol. The zero-order valence-electron chi connectivity index (χ0n) is 19.5. The quantitative estimate of drug-likeness (QED) is 0.274. The molecule has 0 bridgehead atoms. The van der Waals surface area contributed by atoms with Crippen LogP contribution in [-0.2, 0) is 6.54 Å². The number of rotatable bonds is 7. The monoisotopic (exact) mass is 510 g/mol. The van der Waals surface area contributed by atoms with Crippen molar-refractivity contribution >= 4 is 41.5 Å². The van der Waals surface area contributed by atoms with Gasteiger partial charge in [0.2, 0.25) is 0 Å². The normalized spacial score (nSPS) is 16.2. The van der Waals surface area contributed by atoms with Gasteiger partial charge in [-0.3, -0.25) is 9.98 Å². The highest BCUT2D eigenvalue weighted by molar-refractivity contribution is 6.32. The van der Waals surface area contributed by atoms with Crippen molar-refractivity contribution in [3.8, 4) is 0 Å². The van der Waals surface area contributed by atoms with E-state index in [0.29, 0.717) is 29.1 Å². The van der Waals surface area contributed by atoms with Crippen LogP contribution in [0.5, 0.6) is 0 Å². The molecule has 8 nitrogen and oxygen atoms in total. The van der Waals surface area contributed by atoms with E-state index >= 15 is 0 Å². The van der Waals surface area contributed by atoms with Crippen molar-refractivity contribution in [2.45, 2.75) is 25.3 Å². The summed E-state index contributed by atoms with van der Waals surface area (Å²) in [5.41, 5.74) is 3.38. The molecule has 0 atom stereocenters. The largest absolute Gasteiger partial charge is 0.354 e. The summed E-state index contributed by atoms with van der Waals surface area (Å²) in [6.45, 7) is 7.35. The molecule has 0 unspecified atom stereocenters. The zero-order chi connectivity index (χ0) is 25.1. The van der Waals surface area contributed by atoms with Gasteiger partial charge in [-0.05, 0) is 48.7 Å². The molecule has 0 spiro atoms. The third-order valence-electron chi connectivity index (χ3n) is 6.14. The van der Waals surface area contributed by atoms with Gasteiger partial charge in [-0.2, -0.15) is 0 Å². The minimum absolute atomic E-state index is 0.103. The molecule has 36 heavy (non-hydrogen) atoms. The number of amidine groups is 1. The minimum Gasteiger partial charge on any atom is -0.354 e. The molecule has 11 heteroatoms. The van der Waals surface area contributed by atoms with Gasteiger partial charge in [0.25, 0.3) is 0 Å². The first kappa shape index (κ1) is 24.2. The van der Waals surface area contributed by atoms with Gasteiger partial charge in [0.05, 0.1) is 18.3 Å². The number of hydrogen-bond acceptors (Lipinski definition) is 7. The number of pyridine rings is 3. The van der Waals surface area contributed by atoms with Crippen molar-refractivity contribution in [3.05, 3.63) is 70.3 Å². The standard InChI is InChI=1S/C25H25ClF2N8/c1-29-22-21(18(16-2-3-16)14-32-23(22)26)25(36-8-6-30-7-9-36)34-12-15-4-5-31-20(10-15)35-24-19(28)11-17(27)13-33-24/h4-5,10-11,13-14,16,30H,1-3,6-9,12H2,(H,31,33,35)/b34-25+. The molecule has 3 aromatic heterocycles. The second-order valence-electron chi connectivity index (χ2n) is 8.70. The molecule has 4 heterocycles. The number of piperazine rings is 1. The van der Waals surface area contributed by atoms with Crippen LogP contribution in [-0.4, -0.2) is 58.6 Å². The summed E-state index contributed by atoms with van der Waals surface area (Å²) in [7, 11) is 0. The first-order chi connectivity index (χ1) is 17.5. The molecule has 0 aromatic carbocycles. The second kappa shape index (κ2) is 10.6. The van der Waals surface area contributed by atoms with E-state index in [1.165, 1.54) is 0 Å². The Bertz CT molecular complexity index is 1310. The van der Waals surface area contributed by atoms with Crippen molar-refractivity contribution in [2.24, 2.45) is 9.98 Å². The maximum Gasteiger partial charge on any atom is 0.168 e. The Hall–Kier alpha value is -3.50. The van der Waals surface area contributed by atoms with E-state index in [0.717, 1.165) is 73.8 Å². The van der Waals surface area contributed by atoms with Gasteiger partial charge in [0, 0.05) is 44.6 Å². The van der Waals surface area contributed by atoms with E-state index in [1.54, 1.807) is 12.3 Å². The number of anilines is 2. The molecule has 1 saturated heterocycles. The fraction of sp³-hybridized carbons (Fsp3) is 0.320. The highest BCUT2D eigenvalue weighted by atomic mass is 35.5. The summed E-state index contributed by atoms with van der Waals surface area (Å²) < 4.78 is 27.2. The van der Waals surface area contributed by atoms with E-state index in [4.69, 9.17) is 16.6 Å². The number of nitrogens with one attached hydrogen (secondary N) is 2. The molecule has 5 rings (SSSR count). The van der Waals surface area contributed by atoms with Crippen molar-refractivity contribution in [1.29, 1.82) is 0 Å². The average Bonchev–Trinajstić information content (AvgIpc) is 3.72. The smallest absolute Gasteiger partial charge is 0.168 e. The first-order valence-electron chi connectivity index (χ1n) is 11.7. The van der Waals surface area contributed by atoms with Crippen LogP contribution in [0.2, 0.25) is 5.15 Å². The number of aliphatic imine (C=N–C) groups is 2. The number of aromatic nitrogens is 3. The lowest BCUT2D eigenvalue weighted by Gasteiger charge is -2.32. The van der Waals surface area contributed by atoms with E-state index in [2.05, 4.69) is 42.2 Å². The SMILES string of the molecule is C=Nc1c(Cl)ncc(C2CC2)c1/C(=N\Cc1ccnc(Nc2ncc(F)cc2F)c1)N1CCNCC1. The Balaban J connectivity index is 1.49. The maximum atomic E-state index is 14.0. The van der Waals surface area contributed by atoms with Crippen molar-refractivity contribution in [3.63, 3.8) is 0 Å². The number of hydrogen-bond donors (Lipinski definition) is 2. The summed E-state index contributed by atoms with van der Waals surface area (Å²) in [6, 6.07) is 4.37. The highest BCUT2D eigenvalue weighted by Crippen LogP contribution is 2.45. The van der Waals surface area contributed by atoms with Gasteiger partial charge in [-0.1, -0.05) is 11.6 Å². The summed E-state index contributed by atoms with van der Waals surface area (Å²) in [6.07, 6.45) is 6.57. The van der Waals surface area contributed by atoms with Crippen LogP contribution in [0.25, 0.3) is 0 Å². The third kappa shape index (κ3) is 5.34. The first-order valence-corrected chi connectivity index (χ1v) is 12.1. The number of nitrogens with zero attached hydrogens (tertiary/aromatic N) is 6. The number of halogens is 3. The van der Waals surface area contributed by atoms with Gasteiger partial charge in [0.1, 0.15) is 23.2 Å². The van der Waals surface area contributed by atoms with Crippen LogP contribution in [0, 0.1) is 11.6 Å². The molecule has 0 amide bonds. The predicted octanol–water partition coefficient (Wildman–Crippen LogP) is 4.61. The molecule has 2 fully saturated rings. The molecule has 1 aliphatic heterocycles. The van der Waals surface area contributed by atoms with Gasteiger partial charge < -0.3 is 15.5 Å². The van der Waals surface area contributed by atoms with Crippen LogP contribution >= 0.6 is 11.6 Å². The second-order valence-corrected chi connectivity index (χ2v) is 9.05. The lowest BCUT2D eigenvalue weighted by atomic mass is 10.0. The Morgan fingerprint density at radius 2 is 1.97 bits per heavy atom. The van der Waals surface area contributed by atoms with E-state index < -0.39 is 11.6 Å². The maximum absolute atomic E-state index is 14.0. The van der Waals surface area contributed by atoms with Gasteiger partial charge in [-0.25, -0.2) is 23.7 Å². The average molecular weight is 511 g/mol. The van der Waals surface area contributed by atoms with E-state index in [9.17, 15) is 8.78 Å². The Morgan fingerprint density at radius 3 is 2.69 bits per heavy atom. The topological polar surface area (TPSA) is 90.7 Å². The van der Waals surface area contributed by atoms with Crippen molar-refractivity contribution in [2.75, 3.05) is 31.5 Å². The van der Waals surface area contributed by atoms with Crippen LogP contribution in [0.3, 0.4) is 0 Å². The molecular formula is C25H25ClF2N8. The Labute approximate surface area is 212 Å². The Kier molecular flexibility index (Phi) is 7.15. The molecule has 1 aliphatic carbocycles. The summed E-state index contributed by atoms with van der Waals surface area (Å²) >= 11 is 6.44. The van der Waals surface area contributed by atoms with Crippen LogP contribution in [0.4, 0.5) is 26.1 Å². The summed E-state index contributed by atoms with van der Waals surface area (Å²) in [4.78, 5) is 23.8. The van der Waals surface area contributed by atoms with Crippen LogP contribution in [0.15, 0.2) is 46.8 Å². The van der Waals surface area contributed by atoms with Crippen LogP contribution in [0.1, 0.15) is 35.4 Å². The molecule has 0 radical (unpaired) electrons. The third-order valence-corrected chi connectivity index (χ3v) is 6.42. The lowest BCUT2D eigenvalue weighted by Crippen LogP contribution is -2.47. The lowest BCUT2D eigenvalue weighted by molar-refractivity contribution is 0.357. The van der Waals surface area contributed by atoms with Gasteiger partial charge in [-0.15, -0.1) is 0 Å². The van der Waals surface area contributed by atoms with E-state index in [1.807, 2.05) is 12.3 Å². The van der Waals surface area contributed by atoms with Gasteiger partial charge in [0.15, 0.2) is 16.8 Å².